The smallest absolute Gasteiger partial charge is 0.238 e. The van der Waals surface area contributed by atoms with Gasteiger partial charge in [0.05, 0.1) is 11.0 Å². The summed E-state index contributed by atoms with van der Waals surface area (Å²) in [7, 11) is 0. The van der Waals surface area contributed by atoms with Crippen molar-refractivity contribution in [3.63, 3.8) is 0 Å². The summed E-state index contributed by atoms with van der Waals surface area (Å²) in [6.45, 7) is 5.42. The van der Waals surface area contributed by atoms with E-state index < -0.39 is 0 Å². The van der Waals surface area contributed by atoms with Crippen molar-refractivity contribution in [2.24, 2.45) is 0 Å². The highest BCUT2D eigenvalue weighted by molar-refractivity contribution is 8.01. The van der Waals surface area contributed by atoms with E-state index in [9.17, 15) is 9.59 Å². The molecular formula is C16H19N3O3S. The Balaban J connectivity index is 1.79. The van der Waals surface area contributed by atoms with Crippen LogP contribution in [0.1, 0.15) is 18.2 Å². The molecule has 1 aromatic heterocycles. The number of para-hydroxylation sites is 1. The molecule has 2 amide bonds. The predicted octanol–water partition coefficient (Wildman–Crippen LogP) is 2.99. The predicted molar refractivity (Wildman–Crippen MR) is 91.6 cm³/mol. The Morgan fingerprint density at radius 1 is 1.26 bits per heavy atom. The average Bonchev–Trinajstić information content (AvgIpc) is 2.92. The van der Waals surface area contributed by atoms with Crippen LogP contribution in [0.15, 0.2) is 34.9 Å². The molecule has 1 aromatic carbocycles. The summed E-state index contributed by atoms with van der Waals surface area (Å²) in [4.78, 5) is 24.0. The second-order valence-corrected chi connectivity index (χ2v) is 6.46. The molecule has 23 heavy (non-hydrogen) atoms. The van der Waals surface area contributed by atoms with Gasteiger partial charge in [0.25, 0.3) is 0 Å². The Hall–Kier alpha value is -2.28. The monoisotopic (exact) mass is 333 g/mol. The zero-order valence-electron chi connectivity index (χ0n) is 13.3. The molecule has 0 bridgehead atoms. The van der Waals surface area contributed by atoms with E-state index in [1.54, 1.807) is 19.9 Å². The van der Waals surface area contributed by atoms with E-state index in [2.05, 4.69) is 15.8 Å². The van der Waals surface area contributed by atoms with E-state index in [4.69, 9.17) is 4.52 Å². The van der Waals surface area contributed by atoms with Crippen molar-refractivity contribution in [1.82, 2.24) is 5.16 Å². The van der Waals surface area contributed by atoms with Gasteiger partial charge in [-0.2, -0.15) is 0 Å². The van der Waals surface area contributed by atoms with Crippen LogP contribution < -0.4 is 10.6 Å². The minimum Gasteiger partial charge on any atom is -0.360 e. The maximum Gasteiger partial charge on any atom is 0.238 e. The first-order valence-corrected chi connectivity index (χ1v) is 8.22. The molecule has 0 unspecified atom stereocenters. The first-order valence-electron chi connectivity index (χ1n) is 7.17. The normalized spacial score (nSPS) is 11.8. The fraction of sp³-hybridized carbons (Fsp3) is 0.312. The number of nitrogens with one attached hydrogen (secondary N) is 2. The fourth-order valence-corrected chi connectivity index (χ4v) is 2.51. The molecule has 2 aromatic rings. The van der Waals surface area contributed by atoms with Crippen molar-refractivity contribution in [3.05, 3.63) is 41.7 Å². The summed E-state index contributed by atoms with van der Waals surface area (Å²) in [5, 5.41) is 8.81. The van der Waals surface area contributed by atoms with Gasteiger partial charge in [-0.3, -0.25) is 9.59 Å². The zero-order valence-corrected chi connectivity index (χ0v) is 14.1. The third-order valence-corrected chi connectivity index (χ3v) is 4.27. The van der Waals surface area contributed by atoms with Crippen LogP contribution >= 0.6 is 11.8 Å². The van der Waals surface area contributed by atoms with Gasteiger partial charge in [-0.1, -0.05) is 23.4 Å². The highest BCUT2D eigenvalue weighted by atomic mass is 32.2. The molecule has 2 rings (SSSR count). The molecule has 1 heterocycles. The van der Waals surface area contributed by atoms with Crippen LogP contribution in [-0.2, 0) is 9.59 Å². The average molecular weight is 333 g/mol. The standard InChI is InChI=1S/C16H19N3O3S/c1-10-6-4-5-7-13(10)17-15(20)9-23-12(3)16(21)18-14-8-11(2)22-19-14/h4-8,12H,9H2,1-3H3,(H,17,20)(H,18,19,21)/t12-/m0/s1. The van der Waals surface area contributed by atoms with Gasteiger partial charge in [-0.15, -0.1) is 11.8 Å². The van der Waals surface area contributed by atoms with Crippen LogP contribution in [0.2, 0.25) is 0 Å². The molecule has 7 heteroatoms. The van der Waals surface area contributed by atoms with Crippen molar-refractivity contribution in [2.45, 2.75) is 26.0 Å². The van der Waals surface area contributed by atoms with Crippen molar-refractivity contribution >= 4 is 35.1 Å². The number of rotatable bonds is 6. The molecular weight excluding hydrogens is 314 g/mol. The number of hydrogen-bond donors (Lipinski definition) is 2. The van der Waals surface area contributed by atoms with Gasteiger partial charge < -0.3 is 15.2 Å². The van der Waals surface area contributed by atoms with Gasteiger partial charge in [-0.05, 0) is 32.4 Å². The van der Waals surface area contributed by atoms with Crippen molar-refractivity contribution in [3.8, 4) is 0 Å². The number of carbonyl (C=O) groups excluding carboxylic acids is 2. The van der Waals surface area contributed by atoms with Crippen LogP contribution in [0.25, 0.3) is 0 Å². The fourth-order valence-electron chi connectivity index (χ4n) is 1.83. The molecule has 2 N–H and O–H groups in total. The zero-order chi connectivity index (χ0) is 16.8. The third-order valence-electron chi connectivity index (χ3n) is 3.13. The maximum absolute atomic E-state index is 12.0. The molecule has 1 atom stereocenters. The van der Waals surface area contributed by atoms with Crippen LogP contribution in [0.5, 0.6) is 0 Å². The van der Waals surface area contributed by atoms with Crippen LogP contribution in [0, 0.1) is 13.8 Å². The number of carbonyl (C=O) groups is 2. The number of anilines is 2. The lowest BCUT2D eigenvalue weighted by Crippen LogP contribution is -2.25. The quantitative estimate of drug-likeness (QED) is 0.849. The Morgan fingerprint density at radius 3 is 2.65 bits per heavy atom. The van der Waals surface area contributed by atoms with E-state index in [1.165, 1.54) is 11.8 Å². The molecule has 0 radical (unpaired) electrons. The number of benzene rings is 1. The SMILES string of the molecule is Cc1cc(NC(=O)[C@H](C)SCC(=O)Nc2ccccc2C)no1. The summed E-state index contributed by atoms with van der Waals surface area (Å²) in [6.07, 6.45) is 0. The second-order valence-electron chi connectivity index (χ2n) is 5.13. The molecule has 0 aliphatic heterocycles. The second kappa shape index (κ2) is 7.82. The third kappa shape index (κ3) is 5.14. The minimum absolute atomic E-state index is 0.138. The van der Waals surface area contributed by atoms with Crippen molar-refractivity contribution in [2.75, 3.05) is 16.4 Å². The molecule has 0 saturated heterocycles. The topological polar surface area (TPSA) is 84.2 Å². The van der Waals surface area contributed by atoms with Gasteiger partial charge in [0.1, 0.15) is 5.76 Å². The number of aryl methyl sites for hydroxylation is 2. The highest BCUT2D eigenvalue weighted by Gasteiger charge is 2.17. The molecule has 0 aliphatic rings. The molecule has 0 saturated carbocycles. The van der Waals surface area contributed by atoms with E-state index in [-0.39, 0.29) is 22.8 Å². The lowest BCUT2D eigenvalue weighted by atomic mass is 10.2. The Bertz CT molecular complexity index is 699. The Kier molecular flexibility index (Phi) is 5.81. The molecule has 0 aliphatic carbocycles. The van der Waals surface area contributed by atoms with E-state index in [1.807, 2.05) is 31.2 Å². The van der Waals surface area contributed by atoms with Crippen LogP contribution in [0.3, 0.4) is 0 Å². The first-order chi connectivity index (χ1) is 11.0. The number of amides is 2. The number of nitrogens with zero attached hydrogens (tertiary/aromatic N) is 1. The number of hydrogen-bond acceptors (Lipinski definition) is 5. The highest BCUT2D eigenvalue weighted by Crippen LogP contribution is 2.17. The van der Waals surface area contributed by atoms with Crippen LogP contribution in [0.4, 0.5) is 11.5 Å². The van der Waals surface area contributed by atoms with E-state index in [0.29, 0.717) is 11.6 Å². The lowest BCUT2D eigenvalue weighted by Gasteiger charge is -2.11. The lowest BCUT2D eigenvalue weighted by molar-refractivity contribution is -0.115. The number of aromatic nitrogens is 1. The summed E-state index contributed by atoms with van der Waals surface area (Å²) in [5.41, 5.74) is 1.78. The van der Waals surface area contributed by atoms with Gasteiger partial charge >= 0.3 is 0 Å². The van der Waals surface area contributed by atoms with Crippen molar-refractivity contribution < 1.29 is 14.1 Å². The van der Waals surface area contributed by atoms with Crippen molar-refractivity contribution in [1.29, 1.82) is 0 Å². The Labute approximate surface area is 139 Å². The van der Waals surface area contributed by atoms with E-state index in [0.717, 1.165) is 11.3 Å². The van der Waals surface area contributed by atoms with Gasteiger partial charge in [-0.25, -0.2) is 0 Å². The molecule has 6 nitrogen and oxygen atoms in total. The van der Waals surface area contributed by atoms with E-state index >= 15 is 0 Å². The minimum atomic E-state index is -0.380. The summed E-state index contributed by atoms with van der Waals surface area (Å²) in [5.74, 6) is 0.844. The summed E-state index contributed by atoms with van der Waals surface area (Å²) >= 11 is 1.26. The van der Waals surface area contributed by atoms with Crippen LogP contribution in [-0.4, -0.2) is 28.0 Å². The summed E-state index contributed by atoms with van der Waals surface area (Å²) in [6, 6.07) is 9.20. The maximum atomic E-state index is 12.0. The largest absolute Gasteiger partial charge is 0.360 e. The molecule has 0 spiro atoms. The number of thioether (sulfide) groups is 1. The van der Waals surface area contributed by atoms with Gasteiger partial charge in [0.2, 0.25) is 11.8 Å². The Morgan fingerprint density at radius 2 is 2.00 bits per heavy atom. The van der Waals surface area contributed by atoms with Gasteiger partial charge in [0, 0.05) is 11.8 Å². The summed E-state index contributed by atoms with van der Waals surface area (Å²) < 4.78 is 4.89. The molecule has 122 valence electrons. The molecule has 0 fully saturated rings. The first kappa shape index (κ1) is 17.1. The van der Waals surface area contributed by atoms with Gasteiger partial charge in [0.15, 0.2) is 5.82 Å².